The Kier molecular flexibility index (Phi) is 3.29. The number of aryl methyl sites for hydroxylation is 1. The van der Waals surface area contributed by atoms with E-state index in [0.717, 1.165) is 28.6 Å². The lowest BCUT2D eigenvalue weighted by Gasteiger charge is -2.04. The van der Waals surface area contributed by atoms with E-state index in [1.807, 2.05) is 18.4 Å². The third-order valence-corrected chi connectivity index (χ3v) is 3.75. The number of hydrogen-bond donors (Lipinski definition) is 2. The zero-order valence-electron chi connectivity index (χ0n) is 10.6. The Balaban J connectivity index is 1.66. The standard InChI is InChI=1S/C14H14N4S/c1-10-9-19-14(17-10)15-8-11-2-4-12(5-3-11)13-6-7-16-18-13/h2-7,9H,8H2,1H3,(H,15,17)(H,16,18). The molecule has 19 heavy (non-hydrogen) atoms. The van der Waals surface area contributed by atoms with Crippen molar-refractivity contribution in [1.82, 2.24) is 15.2 Å². The second-order valence-electron chi connectivity index (χ2n) is 4.31. The number of nitrogens with zero attached hydrogens (tertiary/aromatic N) is 2. The van der Waals surface area contributed by atoms with Gasteiger partial charge in [0, 0.05) is 18.1 Å². The van der Waals surface area contributed by atoms with Gasteiger partial charge in [-0.15, -0.1) is 11.3 Å². The van der Waals surface area contributed by atoms with E-state index >= 15 is 0 Å². The molecule has 0 fully saturated rings. The lowest BCUT2D eigenvalue weighted by atomic mass is 10.1. The second-order valence-corrected chi connectivity index (χ2v) is 5.17. The Morgan fingerprint density at radius 2 is 2.05 bits per heavy atom. The van der Waals surface area contributed by atoms with Crippen LogP contribution in [0, 0.1) is 6.92 Å². The first-order chi connectivity index (χ1) is 9.31. The molecule has 0 amide bonds. The van der Waals surface area contributed by atoms with E-state index in [9.17, 15) is 0 Å². The number of aromatic nitrogens is 3. The first-order valence-electron chi connectivity index (χ1n) is 6.06. The molecule has 0 radical (unpaired) electrons. The molecule has 1 aromatic carbocycles. The normalized spacial score (nSPS) is 10.6. The first kappa shape index (κ1) is 11.9. The summed E-state index contributed by atoms with van der Waals surface area (Å²) < 4.78 is 0. The molecular weight excluding hydrogens is 256 g/mol. The van der Waals surface area contributed by atoms with Crippen molar-refractivity contribution in [2.75, 3.05) is 5.32 Å². The summed E-state index contributed by atoms with van der Waals surface area (Å²) in [5.41, 5.74) is 4.47. The highest BCUT2D eigenvalue weighted by atomic mass is 32.1. The molecule has 0 aliphatic rings. The van der Waals surface area contributed by atoms with E-state index in [1.165, 1.54) is 5.56 Å². The van der Waals surface area contributed by atoms with E-state index < -0.39 is 0 Å². The molecule has 2 N–H and O–H groups in total. The summed E-state index contributed by atoms with van der Waals surface area (Å²) in [5.74, 6) is 0. The van der Waals surface area contributed by atoms with Gasteiger partial charge >= 0.3 is 0 Å². The third-order valence-electron chi connectivity index (χ3n) is 2.83. The zero-order valence-corrected chi connectivity index (χ0v) is 11.4. The smallest absolute Gasteiger partial charge is 0.183 e. The molecule has 3 aromatic rings. The van der Waals surface area contributed by atoms with Crippen LogP contribution in [0.2, 0.25) is 0 Å². The molecule has 0 aliphatic heterocycles. The Morgan fingerprint density at radius 1 is 1.21 bits per heavy atom. The Bertz CT molecular complexity index is 640. The Hall–Kier alpha value is -2.14. The number of nitrogens with one attached hydrogen (secondary N) is 2. The van der Waals surface area contributed by atoms with Crippen molar-refractivity contribution in [3.05, 3.63) is 53.2 Å². The van der Waals surface area contributed by atoms with E-state index in [0.29, 0.717) is 0 Å². The summed E-state index contributed by atoms with van der Waals surface area (Å²) in [5, 5.41) is 13.3. The van der Waals surface area contributed by atoms with E-state index in [1.54, 1.807) is 17.5 Å². The molecule has 3 rings (SSSR count). The lowest BCUT2D eigenvalue weighted by molar-refractivity contribution is 1.09. The van der Waals surface area contributed by atoms with Gasteiger partial charge in [0.25, 0.3) is 0 Å². The number of aromatic amines is 1. The molecule has 5 heteroatoms. The molecule has 0 unspecified atom stereocenters. The zero-order chi connectivity index (χ0) is 13.1. The molecule has 0 saturated carbocycles. The van der Waals surface area contributed by atoms with Gasteiger partial charge in [-0.2, -0.15) is 5.10 Å². The van der Waals surface area contributed by atoms with Crippen molar-refractivity contribution < 1.29 is 0 Å². The van der Waals surface area contributed by atoms with Crippen LogP contribution in [-0.4, -0.2) is 15.2 Å². The van der Waals surface area contributed by atoms with Gasteiger partial charge in [-0.25, -0.2) is 4.98 Å². The van der Waals surface area contributed by atoms with Gasteiger partial charge in [-0.3, -0.25) is 5.10 Å². The van der Waals surface area contributed by atoms with Gasteiger partial charge < -0.3 is 5.32 Å². The third kappa shape index (κ3) is 2.82. The maximum Gasteiger partial charge on any atom is 0.183 e. The molecule has 0 atom stereocenters. The van der Waals surface area contributed by atoms with Gasteiger partial charge in [0.05, 0.1) is 11.4 Å². The fraction of sp³-hybridized carbons (Fsp3) is 0.143. The van der Waals surface area contributed by atoms with Crippen LogP contribution in [0.4, 0.5) is 5.13 Å². The van der Waals surface area contributed by atoms with Gasteiger partial charge in [-0.05, 0) is 24.1 Å². The lowest BCUT2D eigenvalue weighted by Crippen LogP contribution is -1.98. The molecular formula is C14H14N4S. The van der Waals surface area contributed by atoms with Gasteiger partial charge in [0.2, 0.25) is 0 Å². The summed E-state index contributed by atoms with van der Waals surface area (Å²) in [7, 11) is 0. The average molecular weight is 270 g/mol. The number of thiazole rings is 1. The summed E-state index contributed by atoms with van der Waals surface area (Å²) in [6.07, 6.45) is 1.76. The summed E-state index contributed by atoms with van der Waals surface area (Å²) >= 11 is 1.63. The van der Waals surface area contributed by atoms with Crippen LogP contribution in [0.5, 0.6) is 0 Å². The quantitative estimate of drug-likeness (QED) is 0.763. The number of H-pyrrole nitrogens is 1. The topological polar surface area (TPSA) is 53.6 Å². The van der Waals surface area contributed by atoms with E-state index in [4.69, 9.17) is 0 Å². The largest absolute Gasteiger partial charge is 0.357 e. The minimum absolute atomic E-state index is 0.788. The minimum atomic E-state index is 0.788. The molecule has 0 aliphatic carbocycles. The maximum atomic E-state index is 4.38. The van der Waals surface area contributed by atoms with Crippen LogP contribution in [-0.2, 0) is 6.54 Å². The molecule has 0 spiro atoms. The van der Waals surface area contributed by atoms with Crippen LogP contribution in [0.25, 0.3) is 11.3 Å². The fourth-order valence-corrected chi connectivity index (χ4v) is 2.52. The van der Waals surface area contributed by atoms with Crippen LogP contribution in [0.3, 0.4) is 0 Å². The van der Waals surface area contributed by atoms with Crippen LogP contribution >= 0.6 is 11.3 Å². The minimum Gasteiger partial charge on any atom is -0.357 e. The van der Waals surface area contributed by atoms with Crippen molar-refractivity contribution in [1.29, 1.82) is 0 Å². The Morgan fingerprint density at radius 3 is 2.68 bits per heavy atom. The van der Waals surface area contributed by atoms with E-state index in [-0.39, 0.29) is 0 Å². The SMILES string of the molecule is Cc1csc(NCc2ccc(-c3ccn[nH]3)cc2)n1. The van der Waals surface area contributed by atoms with Crippen molar-refractivity contribution in [2.45, 2.75) is 13.5 Å². The van der Waals surface area contributed by atoms with Crippen molar-refractivity contribution in [3.63, 3.8) is 0 Å². The molecule has 96 valence electrons. The molecule has 0 saturated heterocycles. The average Bonchev–Trinajstić information content (AvgIpc) is 3.08. The molecule has 2 aromatic heterocycles. The summed E-state index contributed by atoms with van der Waals surface area (Å²) in [6.45, 7) is 2.79. The maximum absolute atomic E-state index is 4.38. The van der Waals surface area contributed by atoms with Gasteiger partial charge in [0.15, 0.2) is 5.13 Å². The fourth-order valence-electron chi connectivity index (χ4n) is 1.83. The predicted molar refractivity (Wildman–Crippen MR) is 78.2 cm³/mol. The highest BCUT2D eigenvalue weighted by Crippen LogP contribution is 2.18. The highest BCUT2D eigenvalue weighted by molar-refractivity contribution is 7.13. The highest BCUT2D eigenvalue weighted by Gasteiger charge is 2.00. The molecule has 0 bridgehead atoms. The van der Waals surface area contributed by atoms with Crippen LogP contribution < -0.4 is 5.32 Å². The number of hydrogen-bond acceptors (Lipinski definition) is 4. The molecule has 4 nitrogen and oxygen atoms in total. The summed E-state index contributed by atoms with van der Waals surface area (Å²) in [4.78, 5) is 4.38. The second kappa shape index (κ2) is 5.24. The first-order valence-corrected chi connectivity index (χ1v) is 6.94. The number of anilines is 1. The van der Waals surface area contributed by atoms with Crippen molar-refractivity contribution >= 4 is 16.5 Å². The van der Waals surface area contributed by atoms with Crippen LogP contribution in [0.1, 0.15) is 11.3 Å². The monoisotopic (exact) mass is 270 g/mol. The predicted octanol–water partition coefficient (Wildman–Crippen LogP) is 3.45. The van der Waals surface area contributed by atoms with Crippen LogP contribution in [0.15, 0.2) is 41.9 Å². The summed E-state index contributed by atoms with van der Waals surface area (Å²) in [6, 6.07) is 10.4. The van der Waals surface area contributed by atoms with E-state index in [2.05, 4.69) is 44.8 Å². The van der Waals surface area contributed by atoms with Crippen molar-refractivity contribution in [2.24, 2.45) is 0 Å². The van der Waals surface area contributed by atoms with Gasteiger partial charge in [-0.1, -0.05) is 24.3 Å². The Labute approximate surface area is 115 Å². The molecule has 2 heterocycles. The van der Waals surface area contributed by atoms with Gasteiger partial charge in [0.1, 0.15) is 0 Å². The van der Waals surface area contributed by atoms with Crippen molar-refractivity contribution in [3.8, 4) is 11.3 Å². The number of rotatable bonds is 4. The number of benzene rings is 1.